The molecule has 0 bridgehead atoms. The Morgan fingerprint density at radius 2 is 2.00 bits per heavy atom. The Labute approximate surface area is 68.4 Å². The van der Waals surface area contributed by atoms with E-state index in [4.69, 9.17) is 6.92 Å². The average Bonchev–Trinajstić information content (AvgIpc) is 2.03. The van der Waals surface area contributed by atoms with Crippen molar-refractivity contribution in [3.63, 3.8) is 0 Å². The van der Waals surface area contributed by atoms with E-state index in [1.165, 1.54) is 5.56 Å². The molecular formula is C10H13N. The zero-order chi connectivity index (χ0) is 8.10. The van der Waals surface area contributed by atoms with Gasteiger partial charge >= 0.3 is 0 Å². The molecule has 1 nitrogen and oxygen atoms in total. The third kappa shape index (κ3) is 3.19. The first-order chi connectivity index (χ1) is 5.29. The zero-order valence-electron chi connectivity index (χ0n) is 6.75. The number of benzene rings is 1. The van der Waals surface area contributed by atoms with Gasteiger partial charge in [-0.1, -0.05) is 30.3 Å². The normalized spacial score (nSPS) is 10.5. The second-order valence-corrected chi connectivity index (χ2v) is 2.66. The molecule has 0 aliphatic carbocycles. The fourth-order valence-corrected chi connectivity index (χ4v) is 0.875. The fourth-order valence-electron chi connectivity index (χ4n) is 0.875. The number of hydrogen-bond acceptors (Lipinski definition) is 1. The molecule has 0 aromatic heterocycles. The Morgan fingerprint density at radius 3 is 2.55 bits per heavy atom. The average molecular weight is 147 g/mol. The highest BCUT2D eigenvalue weighted by molar-refractivity contribution is 5.14. The van der Waals surface area contributed by atoms with Crippen LogP contribution in [0.1, 0.15) is 12.5 Å². The Kier molecular flexibility index (Phi) is 3.12. The first kappa shape index (κ1) is 8.28. The van der Waals surface area contributed by atoms with Crippen molar-refractivity contribution >= 4 is 0 Å². The van der Waals surface area contributed by atoms with E-state index >= 15 is 0 Å². The van der Waals surface area contributed by atoms with E-state index < -0.39 is 0 Å². The number of rotatable bonds is 3. The summed E-state index contributed by atoms with van der Waals surface area (Å²) in [5.74, 6) is 0. The zero-order valence-corrected chi connectivity index (χ0v) is 6.75. The molecule has 0 aliphatic rings. The standard InChI is InChI=1S/C10H13N/c1-9(2)11-8-10-6-4-3-5-7-10/h1,3-7,9,11H,8H2,2H3. The highest BCUT2D eigenvalue weighted by Gasteiger charge is 1.92. The van der Waals surface area contributed by atoms with Crippen LogP contribution >= 0.6 is 0 Å². The van der Waals surface area contributed by atoms with Gasteiger partial charge in [0.25, 0.3) is 0 Å². The van der Waals surface area contributed by atoms with Gasteiger partial charge in [0.1, 0.15) is 0 Å². The van der Waals surface area contributed by atoms with Crippen LogP contribution in [0.5, 0.6) is 0 Å². The minimum Gasteiger partial charge on any atom is -0.310 e. The van der Waals surface area contributed by atoms with E-state index in [-0.39, 0.29) is 6.04 Å². The topological polar surface area (TPSA) is 12.0 Å². The molecule has 1 unspecified atom stereocenters. The van der Waals surface area contributed by atoms with Gasteiger partial charge in [0.05, 0.1) is 0 Å². The molecule has 0 fully saturated rings. The Hall–Kier alpha value is -0.820. The molecule has 0 saturated carbocycles. The van der Waals surface area contributed by atoms with Gasteiger partial charge in [-0.2, -0.15) is 0 Å². The van der Waals surface area contributed by atoms with Crippen LogP contribution in [0.2, 0.25) is 0 Å². The van der Waals surface area contributed by atoms with Gasteiger partial charge in [0.15, 0.2) is 0 Å². The third-order valence-electron chi connectivity index (χ3n) is 1.47. The fraction of sp³-hybridized carbons (Fsp3) is 0.300. The highest BCUT2D eigenvalue weighted by atomic mass is 14.9. The molecule has 1 atom stereocenters. The maximum atomic E-state index is 5.53. The van der Waals surface area contributed by atoms with Crippen molar-refractivity contribution in [3.05, 3.63) is 42.8 Å². The summed E-state index contributed by atoms with van der Waals surface area (Å²) in [6.45, 7) is 8.31. The lowest BCUT2D eigenvalue weighted by molar-refractivity contribution is 0.630. The summed E-state index contributed by atoms with van der Waals surface area (Å²) < 4.78 is 0. The molecule has 11 heavy (non-hydrogen) atoms. The van der Waals surface area contributed by atoms with E-state index in [0.29, 0.717) is 0 Å². The minimum atomic E-state index is 0.0650. The highest BCUT2D eigenvalue weighted by Crippen LogP contribution is 1.97. The maximum Gasteiger partial charge on any atom is 0.0208 e. The van der Waals surface area contributed by atoms with Gasteiger partial charge in [0, 0.05) is 12.6 Å². The molecular weight excluding hydrogens is 134 g/mol. The molecule has 2 radical (unpaired) electrons. The van der Waals surface area contributed by atoms with E-state index in [1.807, 2.05) is 25.1 Å². The van der Waals surface area contributed by atoms with Crippen molar-refractivity contribution in [1.82, 2.24) is 5.32 Å². The van der Waals surface area contributed by atoms with Crippen molar-refractivity contribution in [2.75, 3.05) is 0 Å². The van der Waals surface area contributed by atoms with E-state index in [2.05, 4.69) is 17.4 Å². The van der Waals surface area contributed by atoms with Crippen molar-refractivity contribution in [3.8, 4) is 0 Å². The Balaban J connectivity index is 2.39. The van der Waals surface area contributed by atoms with Gasteiger partial charge in [-0.15, -0.1) is 0 Å². The second kappa shape index (κ2) is 4.14. The summed E-state index contributed by atoms with van der Waals surface area (Å²) in [7, 11) is 0. The van der Waals surface area contributed by atoms with Gasteiger partial charge in [0.2, 0.25) is 0 Å². The Morgan fingerprint density at radius 1 is 1.36 bits per heavy atom. The summed E-state index contributed by atoms with van der Waals surface area (Å²) in [6, 6.07) is 10.3. The predicted octanol–water partition coefficient (Wildman–Crippen LogP) is 1.88. The van der Waals surface area contributed by atoms with Crippen molar-refractivity contribution in [1.29, 1.82) is 0 Å². The summed E-state index contributed by atoms with van der Waals surface area (Å²) in [5.41, 5.74) is 1.27. The quantitative estimate of drug-likeness (QED) is 0.688. The van der Waals surface area contributed by atoms with Gasteiger partial charge in [-0.3, -0.25) is 0 Å². The van der Waals surface area contributed by atoms with Crippen molar-refractivity contribution in [2.24, 2.45) is 0 Å². The molecule has 0 saturated heterocycles. The molecule has 1 aromatic carbocycles. The van der Waals surface area contributed by atoms with Crippen LogP contribution in [-0.2, 0) is 6.54 Å². The lowest BCUT2D eigenvalue weighted by Crippen LogP contribution is -2.21. The van der Waals surface area contributed by atoms with E-state index in [1.54, 1.807) is 0 Å². The molecule has 1 N–H and O–H groups in total. The van der Waals surface area contributed by atoms with Crippen molar-refractivity contribution in [2.45, 2.75) is 19.5 Å². The van der Waals surface area contributed by atoms with Crippen LogP contribution in [-0.4, -0.2) is 6.04 Å². The predicted molar refractivity (Wildman–Crippen MR) is 47.0 cm³/mol. The molecule has 0 amide bonds. The van der Waals surface area contributed by atoms with Crippen LogP contribution in [0.3, 0.4) is 0 Å². The van der Waals surface area contributed by atoms with Crippen LogP contribution in [0.4, 0.5) is 0 Å². The van der Waals surface area contributed by atoms with Gasteiger partial charge in [-0.05, 0) is 19.4 Å². The lowest BCUT2D eigenvalue weighted by atomic mass is 10.2. The molecule has 1 heteroatoms. The molecule has 0 heterocycles. The van der Waals surface area contributed by atoms with E-state index in [9.17, 15) is 0 Å². The minimum absolute atomic E-state index is 0.0650. The molecule has 0 spiro atoms. The molecule has 1 rings (SSSR count). The first-order valence-corrected chi connectivity index (χ1v) is 3.82. The molecule has 58 valence electrons. The smallest absolute Gasteiger partial charge is 0.0208 e. The lowest BCUT2D eigenvalue weighted by Gasteiger charge is -2.06. The van der Waals surface area contributed by atoms with Gasteiger partial charge in [-0.25, -0.2) is 0 Å². The summed E-state index contributed by atoms with van der Waals surface area (Å²) in [5, 5.41) is 3.14. The largest absolute Gasteiger partial charge is 0.310 e. The summed E-state index contributed by atoms with van der Waals surface area (Å²) >= 11 is 0. The van der Waals surface area contributed by atoms with Gasteiger partial charge < -0.3 is 5.32 Å². The summed E-state index contributed by atoms with van der Waals surface area (Å²) in [6.07, 6.45) is 0. The monoisotopic (exact) mass is 147 g/mol. The second-order valence-electron chi connectivity index (χ2n) is 2.66. The van der Waals surface area contributed by atoms with Crippen LogP contribution in [0.15, 0.2) is 30.3 Å². The van der Waals surface area contributed by atoms with Crippen LogP contribution in [0.25, 0.3) is 0 Å². The van der Waals surface area contributed by atoms with Crippen LogP contribution in [0, 0.1) is 6.92 Å². The number of hydrogen-bond donors (Lipinski definition) is 1. The maximum absolute atomic E-state index is 5.53. The third-order valence-corrected chi connectivity index (χ3v) is 1.47. The van der Waals surface area contributed by atoms with Crippen molar-refractivity contribution < 1.29 is 0 Å². The SMILES string of the molecule is [CH]C(C)NCc1ccccc1. The van der Waals surface area contributed by atoms with Crippen LogP contribution < -0.4 is 5.32 Å². The molecule has 1 aromatic rings. The Bertz CT molecular complexity index is 191. The van der Waals surface area contributed by atoms with E-state index in [0.717, 1.165) is 6.54 Å². The summed E-state index contributed by atoms with van der Waals surface area (Å²) in [4.78, 5) is 0. The number of nitrogens with one attached hydrogen (secondary N) is 1. The molecule has 0 aliphatic heterocycles. The first-order valence-electron chi connectivity index (χ1n) is 3.82.